The predicted molar refractivity (Wildman–Crippen MR) is 101 cm³/mol. The average Bonchev–Trinajstić information content (AvgIpc) is 3.32. The largest absolute Gasteiger partial charge is 0.356 e. The van der Waals surface area contributed by atoms with E-state index in [1.807, 2.05) is 7.05 Å². The number of nitrogens with zero attached hydrogens (tertiary/aromatic N) is 5. The maximum atomic E-state index is 4.94. The number of nitrogens with one attached hydrogen (secondary N) is 1. The molecular weight excluding hydrogens is 300 g/mol. The van der Waals surface area contributed by atoms with Crippen LogP contribution in [0.4, 0.5) is 17.6 Å². The standard InChI is InChI=1S/C18H32N6/c1-3-9-22(14-8-19-2)16-15-17(23-10-4-5-11-23)21-18(20-16)24-12-6-7-13-24/h15,19H,3-14H2,1-2H3. The Labute approximate surface area is 146 Å². The van der Waals surface area contributed by atoms with Crippen molar-refractivity contribution in [3.63, 3.8) is 0 Å². The Balaban J connectivity index is 1.89. The van der Waals surface area contributed by atoms with E-state index in [9.17, 15) is 0 Å². The third-order valence-corrected chi connectivity index (χ3v) is 4.96. The summed E-state index contributed by atoms with van der Waals surface area (Å²) in [5, 5.41) is 3.26. The number of rotatable bonds is 8. The third-order valence-electron chi connectivity index (χ3n) is 4.96. The van der Waals surface area contributed by atoms with E-state index in [0.717, 1.165) is 69.8 Å². The van der Waals surface area contributed by atoms with E-state index < -0.39 is 0 Å². The molecule has 0 bridgehead atoms. The van der Waals surface area contributed by atoms with Crippen molar-refractivity contribution in [2.45, 2.75) is 39.0 Å². The van der Waals surface area contributed by atoms with Gasteiger partial charge in [0.2, 0.25) is 5.95 Å². The van der Waals surface area contributed by atoms with E-state index in [1.165, 1.54) is 25.7 Å². The fraction of sp³-hybridized carbons (Fsp3) is 0.778. The van der Waals surface area contributed by atoms with Crippen LogP contribution in [0.3, 0.4) is 0 Å². The summed E-state index contributed by atoms with van der Waals surface area (Å²) in [6.45, 7) is 9.66. The van der Waals surface area contributed by atoms with Crippen molar-refractivity contribution in [1.29, 1.82) is 0 Å². The van der Waals surface area contributed by atoms with Gasteiger partial charge >= 0.3 is 0 Å². The SMILES string of the molecule is CCCN(CCNC)c1cc(N2CCCC2)nc(N2CCCC2)n1. The first-order valence-corrected chi connectivity index (χ1v) is 9.60. The van der Waals surface area contributed by atoms with Crippen LogP contribution in [0.25, 0.3) is 0 Å². The van der Waals surface area contributed by atoms with Gasteiger partial charge in [0.25, 0.3) is 0 Å². The minimum Gasteiger partial charge on any atom is -0.356 e. The molecule has 24 heavy (non-hydrogen) atoms. The molecule has 3 heterocycles. The van der Waals surface area contributed by atoms with Crippen molar-refractivity contribution >= 4 is 17.6 Å². The molecule has 0 unspecified atom stereocenters. The van der Waals surface area contributed by atoms with Gasteiger partial charge in [-0.25, -0.2) is 0 Å². The summed E-state index contributed by atoms with van der Waals surface area (Å²) in [5.41, 5.74) is 0. The molecule has 0 spiro atoms. The van der Waals surface area contributed by atoms with Crippen LogP contribution >= 0.6 is 0 Å². The van der Waals surface area contributed by atoms with Gasteiger partial charge in [-0.05, 0) is 39.2 Å². The summed E-state index contributed by atoms with van der Waals surface area (Å²) < 4.78 is 0. The highest BCUT2D eigenvalue weighted by Crippen LogP contribution is 2.27. The van der Waals surface area contributed by atoms with Crippen molar-refractivity contribution in [3.8, 4) is 0 Å². The normalized spacial score (nSPS) is 17.8. The predicted octanol–water partition coefficient (Wildman–Crippen LogP) is 2.11. The van der Waals surface area contributed by atoms with Crippen molar-refractivity contribution in [2.75, 3.05) is 67.6 Å². The lowest BCUT2D eigenvalue weighted by molar-refractivity contribution is 0.699. The average molecular weight is 332 g/mol. The van der Waals surface area contributed by atoms with Gasteiger partial charge < -0.3 is 20.0 Å². The highest BCUT2D eigenvalue weighted by atomic mass is 15.3. The molecule has 2 aliphatic rings. The molecule has 1 aromatic heterocycles. The second-order valence-electron chi connectivity index (χ2n) is 6.86. The molecule has 1 N–H and O–H groups in total. The Bertz CT molecular complexity index is 474. The van der Waals surface area contributed by atoms with E-state index in [0.29, 0.717) is 0 Å². The van der Waals surface area contributed by atoms with E-state index in [4.69, 9.17) is 9.97 Å². The minimum absolute atomic E-state index is 0.928. The number of hydrogen-bond donors (Lipinski definition) is 1. The molecule has 134 valence electrons. The highest BCUT2D eigenvalue weighted by Gasteiger charge is 2.21. The molecule has 2 aliphatic heterocycles. The van der Waals surface area contributed by atoms with Gasteiger partial charge in [0.05, 0.1) is 0 Å². The van der Waals surface area contributed by atoms with Gasteiger partial charge in [-0.1, -0.05) is 6.92 Å². The maximum Gasteiger partial charge on any atom is 0.229 e. The topological polar surface area (TPSA) is 47.5 Å². The summed E-state index contributed by atoms with van der Waals surface area (Å²) in [6.07, 6.45) is 6.19. The second-order valence-corrected chi connectivity index (χ2v) is 6.86. The summed E-state index contributed by atoms with van der Waals surface area (Å²) in [6, 6.07) is 2.20. The quantitative estimate of drug-likeness (QED) is 0.787. The molecule has 6 nitrogen and oxygen atoms in total. The van der Waals surface area contributed by atoms with Crippen LogP contribution in [-0.2, 0) is 0 Å². The molecule has 0 amide bonds. The first-order chi connectivity index (χ1) is 11.8. The maximum absolute atomic E-state index is 4.94. The number of hydrogen-bond acceptors (Lipinski definition) is 6. The van der Waals surface area contributed by atoms with Crippen LogP contribution in [-0.4, -0.2) is 62.8 Å². The van der Waals surface area contributed by atoms with E-state index in [-0.39, 0.29) is 0 Å². The Morgan fingerprint density at radius 1 is 1.00 bits per heavy atom. The Kier molecular flexibility index (Phi) is 6.12. The minimum atomic E-state index is 0.928. The van der Waals surface area contributed by atoms with Crippen molar-refractivity contribution < 1.29 is 0 Å². The Morgan fingerprint density at radius 3 is 2.29 bits per heavy atom. The van der Waals surface area contributed by atoms with E-state index in [2.05, 4.69) is 33.0 Å². The van der Waals surface area contributed by atoms with Gasteiger partial charge in [0.15, 0.2) is 0 Å². The first kappa shape index (κ1) is 17.3. The van der Waals surface area contributed by atoms with Crippen molar-refractivity contribution in [2.24, 2.45) is 0 Å². The molecule has 0 radical (unpaired) electrons. The highest BCUT2D eigenvalue weighted by molar-refractivity contribution is 5.56. The molecule has 3 rings (SSSR count). The fourth-order valence-corrected chi connectivity index (χ4v) is 3.60. The molecule has 1 aromatic rings. The van der Waals surface area contributed by atoms with Crippen LogP contribution in [0.15, 0.2) is 6.07 Å². The molecule has 0 aromatic carbocycles. The molecule has 0 saturated carbocycles. The monoisotopic (exact) mass is 332 g/mol. The lowest BCUT2D eigenvalue weighted by Crippen LogP contribution is -2.33. The van der Waals surface area contributed by atoms with Gasteiger partial charge in [0.1, 0.15) is 11.6 Å². The zero-order valence-electron chi connectivity index (χ0n) is 15.3. The Morgan fingerprint density at radius 2 is 1.67 bits per heavy atom. The van der Waals surface area contributed by atoms with Gasteiger partial charge in [-0.15, -0.1) is 0 Å². The number of likely N-dealkylation sites (N-methyl/N-ethyl adjacent to an activating group) is 1. The van der Waals surface area contributed by atoms with Gasteiger partial charge in [-0.3, -0.25) is 0 Å². The van der Waals surface area contributed by atoms with Crippen LogP contribution in [0.1, 0.15) is 39.0 Å². The zero-order valence-corrected chi connectivity index (χ0v) is 15.3. The van der Waals surface area contributed by atoms with Crippen LogP contribution in [0, 0.1) is 0 Å². The summed E-state index contributed by atoms with van der Waals surface area (Å²) >= 11 is 0. The second kappa shape index (κ2) is 8.51. The Hall–Kier alpha value is -1.56. The lowest BCUT2D eigenvalue weighted by atomic mass is 10.3. The summed E-state index contributed by atoms with van der Waals surface area (Å²) in [5.74, 6) is 3.13. The van der Waals surface area contributed by atoms with Crippen LogP contribution < -0.4 is 20.0 Å². The summed E-state index contributed by atoms with van der Waals surface area (Å²) in [7, 11) is 2.01. The van der Waals surface area contributed by atoms with Crippen molar-refractivity contribution in [3.05, 3.63) is 6.07 Å². The first-order valence-electron chi connectivity index (χ1n) is 9.60. The molecule has 2 fully saturated rings. The smallest absolute Gasteiger partial charge is 0.229 e. The third kappa shape index (κ3) is 4.09. The molecule has 2 saturated heterocycles. The number of aromatic nitrogens is 2. The number of anilines is 3. The molecule has 6 heteroatoms. The summed E-state index contributed by atoms with van der Waals surface area (Å²) in [4.78, 5) is 17.0. The van der Waals surface area contributed by atoms with Gasteiger partial charge in [-0.2, -0.15) is 9.97 Å². The molecule has 0 aliphatic carbocycles. The van der Waals surface area contributed by atoms with Crippen LogP contribution in [0.2, 0.25) is 0 Å². The zero-order chi connectivity index (χ0) is 16.8. The van der Waals surface area contributed by atoms with E-state index in [1.54, 1.807) is 0 Å². The lowest BCUT2D eigenvalue weighted by Gasteiger charge is -2.27. The van der Waals surface area contributed by atoms with E-state index >= 15 is 0 Å². The van der Waals surface area contributed by atoms with Crippen LogP contribution in [0.5, 0.6) is 0 Å². The van der Waals surface area contributed by atoms with Crippen molar-refractivity contribution in [1.82, 2.24) is 15.3 Å². The molecule has 0 atom stereocenters. The fourth-order valence-electron chi connectivity index (χ4n) is 3.60. The molecular formula is C18H32N6. The van der Waals surface area contributed by atoms with Gasteiger partial charge in [0, 0.05) is 51.9 Å².